The van der Waals surface area contributed by atoms with Crippen LogP contribution < -0.4 is 4.90 Å². The molecule has 0 unspecified atom stereocenters. The molecule has 1 saturated heterocycles. The maximum Gasteiger partial charge on any atom is 0.416 e. The molecular weight excluding hydrogens is 357 g/mol. The molecule has 0 radical (unpaired) electrons. The third-order valence-corrected chi connectivity index (χ3v) is 5.67. The number of aliphatic hydroxyl groups excluding tert-OH is 1. The average molecular weight is 386 g/mol. The number of nitrogens with zero attached hydrogens (tertiary/aromatic N) is 2. The molecule has 3 atom stereocenters. The number of ether oxygens (including phenoxy) is 1. The predicted octanol–water partition coefficient (Wildman–Crippen LogP) is 3.39. The van der Waals surface area contributed by atoms with Gasteiger partial charge in [-0.05, 0) is 37.0 Å². The molecule has 1 aliphatic carbocycles. The number of aliphatic hydroxyl groups is 1. The normalized spacial score (nSPS) is 25.7. The van der Waals surface area contributed by atoms with Crippen molar-refractivity contribution in [3.63, 3.8) is 0 Å². The van der Waals surface area contributed by atoms with Crippen molar-refractivity contribution in [3.05, 3.63) is 29.8 Å². The molecule has 0 spiro atoms. The summed E-state index contributed by atoms with van der Waals surface area (Å²) >= 11 is 0. The zero-order chi connectivity index (χ0) is 19.4. The summed E-state index contributed by atoms with van der Waals surface area (Å²) in [6.45, 7) is 5.81. The van der Waals surface area contributed by atoms with Crippen LogP contribution in [0.5, 0.6) is 0 Å². The third-order valence-electron chi connectivity index (χ3n) is 5.67. The fraction of sp³-hybridized carbons (Fsp3) is 0.700. The zero-order valence-electron chi connectivity index (χ0n) is 15.8. The van der Waals surface area contributed by atoms with E-state index in [9.17, 15) is 18.3 Å². The smallest absolute Gasteiger partial charge is 0.389 e. The van der Waals surface area contributed by atoms with Gasteiger partial charge >= 0.3 is 6.18 Å². The Bertz CT molecular complexity index is 603. The molecule has 1 aromatic carbocycles. The van der Waals surface area contributed by atoms with Gasteiger partial charge < -0.3 is 14.7 Å². The summed E-state index contributed by atoms with van der Waals surface area (Å²) in [5.41, 5.74) is -0.0141. The molecule has 1 heterocycles. The topological polar surface area (TPSA) is 35.9 Å². The van der Waals surface area contributed by atoms with Gasteiger partial charge in [0.25, 0.3) is 0 Å². The molecule has 1 aromatic rings. The van der Waals surface area contributed by atoms with Crippen molar-refractivity contribution in [2.24, 2.45) is 5.92 Å². The molecule has 3 rings (SSSR count). The number of benzene rings is 1. The van der Waals surface area contributed by atoms with Gasteiger partial charge in [-0.3, -0.25) is 4.90 Å². The number of halogens is 3. The van der Waals surface area contributed by atoms with Gasteiger partial charge in [-0.2, -0.15) is 13.2 Å². The van der Waals surface area contributed by atoms with Crippen molar-refractivity contribution in [1.29, 1.82) is 0 Å². The summed E-state index contributed by atoms with van der Waals surface area (Å²) in [6, 6.07) is 5.48. The van der Waals surface area contributed by atoms with Crippen LogP contribution >= 0.6 is 0 Å². The van der Waals surface area contributed by atoms with E-state index in [-0.39, 0.29) is 6.10 Å². The molecular formula is C20H29F3N2O2. The quantitative estimate of drug-likeness (QED) is 0.813. The van der Waals surface area contributed by atoms with E-state index in [1.54, 1.807) is 6.07 Å². The first-order valence-electron chi connectivity index (χ1n) is 9.77. The minimum absolute atomic E-state index is 0.261. The SMILES string of the molecule is C[C@@H]1CCC[C@H]1OC[C@H](O)CN1CCN(c2cccc(C(F)(F)F)c2)CC1. The summed E-state index contributed by atoms with van der Waals surface area (Å²) in [6.07, 6.45) is -1.13. The number of β-amino-alcohol motifs (C(OH)–C–C–N with tert-alkyl or cyclic N) is 1. The van der Waals surface area contributed by atoms with E-state index >= 15 is 0 Å². The highest BCUT2D eigenvalue weighted by atomic mass is 19.4. The van der Waals surface area contributed by atoms with Crippen molar-refractivity contribution >= 4 is 5.69 Å². The van der Waals surface area contributed by atoms with E-state index < -0.39 is 17.8 Å². The van der Waals surface area contributed by atoms with E-state index in [0.717, 1.165) is 12.5 Å². The Kier molecular flexibility index (Phi) is 6.65. The zero-order valence-corrected chi connectivity index (χ0v) is 15.8. The van der Waals surface area contributed by atoms with Crippen LogP contribution in [0.2, 0.25) is 0 Å². The standard InChI is InChI=1S/C20H29F3N2O2/c1-15-4-2-7-19(15)27-14-18(26)13-24-8-10-25(11-9-24)17-6-3-5-16(12-17)20(21,22)23/h3,5-6,12,15,18-19,26H,2,4,7-11,13-14H2,1H3/t15-,18-,19-/m1/s1. The summed E-state index contributed by atoms with van der Waals surface area (Å²) in [5, 5.41) is 10.3. The maximum atomic E-state index is 12.9. The number of piperazine rings is 1. The molecule has 7 heteroatoms. The highest BCUT2D eigenvalue weighted by molar-refractivity contribution is 5.49. The van der Waals surface area contributed by atoms with Crippen molar-refractivity contribution in [1.82, 2.24) is 4.90 Å². The molecule has 1 aliphatic heterocycles. The van der Waals surface area contributed by atoms with Crippen LogP contribution in [-0.2, 0) is 10.9 Å². The maximum absolute atomic E-state index is 12.9. The first kappa shape index (κ1) is 20.4. The Morgan fingerprint density at radius 2 is 1.93 bits per heavy atom. The second-order valence-electron chi connectivity index (χ2n) is 7.77. The van der Waals surface area contributed by atoms with Crippen molar-refractivity contribution < 1.29 is 23.0 Å². The molecule has 152 valence electrons. The lowest BCUT2D eigenvalue weighted by Gasteiger charge is -2.37. The second-order valence-corrected chi connectivity index (χ2v) is 7.77. The van der Waals surface area contributed by atoms with Crippen molar-refractivity contribution in [2.45, 2.75) is 44.6 Å². The summed E-state index contributed by atoms with van der Waals surface area (Å²) in [5.74, 6) is 0.563. The van der Waals surface area contributed by atoms with Gasteiger partial charge in [0, 0.05) is 38.4 Å². The predicted molar refractivity (Wildman–Crippen MR) is 98.9 cm³/mol. The van der Waals surface area contributed by atoms with Crippen LogP contribution in [0.25, 0.3) is 0 Å². The Hall–Kier alpha value is -1.31. The minimum Gasteiger partial charge on any atom is -0.389 e. The molecule has 1 saturated carbocycles. The van der Waals surface area contributed by atoms with Gasteiger partial charge in [0.05, 0.1) is 24.4 Å². The van der Waals surface area contributed by atoms with Crippen molar-refractivity contribution in [3.8, 4) is 0 Å². The van der Waals surface area contributed by atoms with Crippen LogP contribution in [0.3, 0.4) is 0 Å². The van der Waals surface area contributed by atoms with Gasteiger partial charge in [0.15, 0.2) is 0 Å². The summed E-state index contributed by atoms with van der Waals surface area (Å²) in [4.78, 5) is 4.12. The molecule has 2 fully saturated rings. The van der Waals surface area contributed by atoms with Crippen LogP contribution in [0.4, 0.5) is 18.9 Å². The Balaban J connectivity index is 1.43. The van der Waals surface area contributed by atoms with Gasteiger partial charge in [-0.1, -0.05) is 19.4 Å². The van der Waals surface area contributed by atoms with Crippen LogP contribution in [0.15, 0.2) is 24.3 Å². The van der Waals surface area contributed by atoms with Gasteiger partial charge in [0.1, 0.15) is 0 Å². The monoisotopic (exact) mass is 386 g/mol. The van der Waals surface area contributed by atoms with E-state index in [0.29, 0.717) is 50.9 Å². The molecule has 0 bridgehead atoms. The van der Waals surface area contributed by atoms with Crippen molar-refractivity contribution in [2.75, 3.05) is 44.2 Å². The number of anilines is 1. The second kappa shape index (κ2) is 8.80. The van der Waals surface area contributed by atoms with E-state index in [1.807, 2.05) is 4.90 Å². The fourth-order valence-electron chi connectivity index (χ4n) is 4.01. The first-order chi connectivity index (χ1) is 12.8. The summed E-state index contributed by atoms with van der Waals surface area (Å²) in [7, 11) is 0. The van der Waals surface area contributed by atoms with Gasteiger partial charge in [-0.15, -0.1) is 0 Å². The summed E-state index contributed by atoms with van der Waals surface area (Å²) < 4.78 is 44.5. The largest absolute Gasteiger partial charge is 0.416 e. The first-order valence-corrected chi connectivity index (χ1v) is 9.77. The van der Waals surface area contributed by atoms with Gasteiger partial charge in [-0.25, -0.2) is 0 Å². The van der Waals surface area contributed by atoms with Crippen LogP contribution in [0, 0.1) is 5.92 Å². The third kappa shape index (κ3) is 5.59. The van der Waals surface area contributed by atoms with E-state index in [1.165, 1.54) is 25.0 Å². The molecule has 0 aromatic heterocycles. The molecule has 27 heavy (non-hydrogen) atoms. The number of hydrogen-bond donors (Lipinski definition) is 1. The lowest BCUT2D eigenvalue weighted by Crippen LogP contribution is -2.49. The van der Waals surface area contributed by atoms with Crippen LogP contribution in [0.1, 0.15) is 31.7 Å². The lowest BCUT2D eigenvalue weighted by atomic mass is 10.1. The Morgan fingerprint density at radius 3 is 2.56 bits per heavy atom. The minimum atomic E-state index is -4.32. The molecule has 4 nitrogen and oxygen atoms in total. The highest BCUT2D eigenvalue weighted by Gasteiger charge is 2.31. The molecule has 0 amide bonds. The number of alkyl halides is 3. The highest BCUT2D eigenvalue weighted by Crippen LogP contribution is 2.32. The number of hydrogen-bond acceptors (Lipinski definition) is 4. The lowest BCUT2D eigenvalue weighted by molar-refractivity contribution is -0.137. The van der Waals surface area contributed by atoms with Gasteiger partial charge in [0.2, 0.25) is 0 Å². The van der Waals surface area contributed by atoms with Crippen LogP contribution in [-0.4, -0.2) is 61.5 Å². The average Bonchev–Trinajstić information content (AvgIpc) is 3.05. The van der Waals surface area contributed by atoms with E-state index in [2.05, 4.69) is 11.8 Å². The molecule has 1 N–H and O–H groups in total. The Morgan fingerprint density at radius 1 is 1.19 bits per heavy atom. The van der Waals surface area contributed by atoms with E-state index in [4.69, 9.17) is 4.74 Å². The fourth-order valence-corrected chi connectivity index (χ4v) is 4.01. The number of rotatable bonds is 6. The Labute approximate surface area is 158 Å². The molecule has 2 aliphatic rings.